The molecule has 0 spiro atoms. The third-order valence-corrected chi connectivity index (χ3v) is 5.63. The third-order valence-electron chi connectivity index (χ3n) is 5.63. The van der Waals surface area contributed by atoms with Crippen molar-refractivity contribution in [1.82, 2.24) is 24.3 Å². The number of amides is 1. The highest BCUT2D eigenvalue weighted by molar-refractivity contribution is 5.98. The fourth-order valence-electron chi connectivity index (χ4n) is 4.01. The van der Waals surface area contributed by atoms with E-state index in [1.807, 2.05) is 19.9 Å². The van der Waals surface area contributed by atoms with Gasteiger partial charge in [0.1, 0.15) is 28.7 Å². The van der Waals surface area contributed by atoms with Crippen molar-refractivity contribution < 1.29 is 13.9 Å². The van der Waals surface area contributed by atoms with Gasteiger partial charge < -0.3 is 15.4 Å². The number of hydrogen-bond acceptors (Lipinski definition) is 6. The lowest BCUT2D eigenvalue weighted by atomic mass is 10.1. The summed E-state index contributed by atoms with van der Waals surface area (Å²) < 4.78 is 22.2. The molecule has 0 fully saturated rings. The lowest BCUT2D eigenvalue weighted by Gasteiger charge is -2.21. The molecule has 1 aromatic carbocycles. The summed E-state index contributed by atoms with van der Waals surface area (Å²) in [7, 11) is 0. The van der Waals surface area contributed by atoms with E-state index in [-0.39, 0.29) is 17.9 Å². The number of aryl methyl sites for hydroxylation is 1. The number of carbonyl (C=O) groups excluding carboxylic acids is 1. The second-order valence-electron chi connectivity index (χ2n) is 7.55. The Bertz CT molecular complexity index is 1350. The molecule has 1 aliphatic rings. The quantitative estimate of drug-likeness (QED) is 0.545. The highest BCUT2D eigenvalue weighted by Crippen LogP contribution is 2.27. The van der Waals surface area contributed by atoms with Gasteiger partial charge in [-0.3, -0.25) is 14.2 Å². The van der Waals surface area contributed by atoms with E-state index in [0.717, 1.165) is 23.4 Å². The van der Waals surface area contributed by atoms with E-state index in [1.54, 1.807) is 21.7 Å². The number of benzene rings is 1. The molecule has 1 aliphatic heterocycles. The van der Waals surface area contributed by atoms with Gasteiger partial charge in [0.05, 0.1) is 47.8 Å². The second kappa shape index (κ2) is 7.19. The molecule has 31 heavy (non-hydrogen) atoms. The van der Waals surface area contributed by atoms with E-state index >= 15 is 0 Å². The predicted molar refractivity (Wildman–Crippen MR) is 113 cm³/mol. The minimum Gasteiger partial charge on any atom is -0.491 e. The van der Waals surface area contributed by atoms with Crippen LogP contribution in [0.4, 0.5) is 10.2 Å². The molecule has 0 unspecified atom stereocenters. The number of nitrogens with zero attached hydrogens (tertiary/aromatic N) is 5. The van der Waals surface area contributed by atoms with Crippen LogP contribution in [0.2, 0.25) is 0 Å². The van der Waals surface area contributed by atoms with E-state index < -0.39 is 11.7 Å². The SMILES string of the molecule is CCN(Cc1cc2c(cn1)OCC2)C(=O)c1cc2c(cc1F)nc(N)c1cnc(C)n12. The smallest absolute Gasteiger partial charge is 0.257 e. The van der Waals surface area contributed by atoms with Gasteiger partial charge >= 0.3 is 0 Å². The molecule has 3 aromatic heterocycles. The first kappa shape index (κ1) is 19.2. The normalized spacial score (nSPS) is 12.9. The highest BCUT2D eigenvalue weighted by Gasteiger charge is 2.22. The fraction of sp³-hybridized carbons (Fsp3) is 0.273. The largest absolute Gasteiger partial charge is 0.491 e. The van der Waals surface area contributed by atoms with Crippen LogP contribution in [0.25, 0.3) is 16.6 Å². The van der Waals surface area contributed by atoms with Crippen molar-refractivity contribution in [2.45, 2.75) is 26.8 Å². The molecule has 0 aliphatic carbocycles. The molecular weight excluding hydrogens is 399 g/mol. The molecule has 4 heterocycles. The van der Waals surface area contributed by atoms with Gasteiger partial charge in [0.2, 0.25) is 0 Å². The Hall–Kier alpha value is -3.75. The average molecular weight is 420 g/mol. The first-order chi connectivity index (χ1) is 15.0. The van der Waals surface area contributed by atoms with E-state index in [0.29, 0.717) is 35.5 Å². The summed E-state index contributed by atoms with van der Waals surface area (Å²) in [6.07, 6.45) is 4.12. The van der Waals surface area contributed by atoms with Gasteiger partial charge in [0.15, 0.2) is 0 Å². The van der Waals surface area contributed by atoms with Crippen LogP contribution in [-0.2, 0) is 13.0 Å². The number of carbonyl (C=O) groups is 1. The van der Waals surface area contributed by atoms with Gasteiger partial charge in [-0.15, -0.1) is 0 Å². The summed E-state index contributed by atoms with van der Waals surface area (Å²) in [6.45, 7) is 5.00. The molecule has 1 amide bonds. The zero-order valence-electron chi connectivity index (χ0n) is 17.2. The number of hydrogen-bond donors (Lipinski definition) is 1. The average Bonchev–Trinajstić information content (AvgIpc) is 3.38. The summed E-state index contributed by atoms with van der Waals surface area (Å²) in [5.74, 6) is 0.660. The van der Waals surface area contributed by atoms with E-state index in [9.17, 15) is 9.18 Å². The summed E-state index contributed by atoms with van der Waals surface area (Å²) >= 11 is 0. The number of aromatic nitrogens is 4. The van der Waals surface area contributed by atoms with Gasteiger partial charge in [0.25, 0.3) is 5.91 Å². The monoisotopic (exact) mass is 420 g/mol. The summed E-state index contributed by atoms with van der Waals surface area (Å²) in [5, 5.41) is 0. The van der Waals surface area contributed by atoms with Crippen molar-refractivity contribution in [2.24, 2.45) is 0 Å². The second-order valence-corrected chi connectivity index (χ2v) is 7.55. The summed E-state index contributed by atoms with van der Waals surface area (Å²) in [6, 6.07) is 4.71. The maximum absolute atomic E-state index is 15.0. The molecule has 4 aromatic rings. The van der Waals surface area contributed by atoms with Crippen LogP contribution in [-0.4, -0.2) is 43.3 Å². The molecule has 0 saturated carbocycles. The maximum atomic E-state index is 15.0. The summed E-state index contributed by atoms with van der Waals surface area (Å²) in [5.41, 5.74) is 9.34. The van der Waals surface area contributed by atoms with Crippen molar-refractivity contribution in [3.63, 3.8) is 0 Å². The molecule has 8 nitrogen and oxygen atoms in total. The molecule has 0 radical (unpaired) electrons. The Morgan fingerprint density at radius 2 is 2.10 bits per heavy atom. The van der Waals surface area contributed by atoms with E-state index in [1.165, 1.54) is 12.1 Å². The number of rotatable bonds is 4. The Labute approximate surface area is 177 Å². The van der Waals surface area contributed by atoms with Crippen molar-refractivity contribution >= 4 is 28.3 Å². The Morgan fingerprint density at radius 1 is 1.26 bits per heavy atom. The molecule has 9 heteroatoms. The Morgan fingerprint density at radius 3 is 2.90 bits per heavy atom. The molecule has 0 saturated heterocycles. The van der Waals surface area contributed by atoms with E-state index in [2.05, 4.69) is 15.0 Å². The van der Waals surface area contributed by atoms with Gasteiger partial charge in [-0.25, -0.2) is 14.4 Å². The molecule has 158 valence electrons. The molecule has 5 rings (SSSR count). The first-order valence-corrected chi connectivity index (χ1v) is 10.1. The van der Waals surface area contributed by atoms with Crippen LogP contribution in [0.5, 0.6) is 5.75 Å². The number of anilines is 1. The van der Waals surface area contributed by atoms with E-state index in [4.69, 9.17) is 10.5 Å². The number of nitrogens with two attached hydrogens (primary N) is 1. The molecule has 0 bridgehead atoms. The number of imidazole rings is 1. The van der Waals surface area contributed by atoms with Gasteiger partial charge in [-0.1, -0.05) is 0 Å². The van der Waals surface area contributed by atoms with Gasteiger partial charge in [0, 0.05) is 24.6 Å². The van der Waals surface area contributed by atoms with Gasteiger partial charge in [-0.05, 0) is 26.0 Å². The number of fused-ring (bicyclic) bond motifs is 4. The number of halogens is 1. The molecular formula is C22H21FN6O2. The zero-order valence-corrected chi connectivity index (χ0v) is 17.2. The van der Waals surface area contributed by atoms with Crippen molar-refractivity contribution in [3.05, 3.63) is 59.1 Å². The van der Waals surface area contributed by atoms with Crippen LogP contribution >= 0.6 is 0 Å². The predicted octanol–water partition coefficient (Wildman–Crippen LogP) is 2.90. The van der Waals surface area contributed by atoms with Crippen LogP contribution in [0, 0.1) is 12.7 Å². The van der Waals surface area contributed by atoms with Crippen molar-refractivity contribution in [3.8, 4) is 5.75 Å². The Kier molecular flexibility index (Phi) is 4.46. The van der Waals surface area contributed by atoms with Crippen LogP contribution in [0.15, 0.2) is 30.6 Å². The molecule has 0 atom stereocenters. The lowest BCUT2D eigenvalue weighted by Crippen LogP contribution is -2.31. The summed E-state index contributed by atoms with van der Waals surface area (Å²) in [4.78, 5) is 27.8. The Balaban J connectivity index is 1.54. The van der Waals surface area contributed by atoms with Crippen molar-refractivity contribution in [1.29, 1.82) is 0 Å². The number of nitrogen functional groups attached to an aromatic ring is 1. The topological polar surface area (TPSA) is 98.6 Å². The number of pyridine rings is 1. The first-order valence-electron chi connectivity index (χ1n) is 10.1. The fourth-order valence-corrected chi connectivity index (χ4v) is 4.01. The van der Waals surface area contributed by atoms with Gasteiger partial charge in [-0.2, -0.15) is 0 Å². The minimum absolute atomic E-state index is 0.0279. The standard InChI is InChI=1S/C22H21FN6O2/c1-3-28(11-14-6-13-4-5-31-20(13)10-26-14)22(30)15-7-18-17(8-16(15)23)27-21(24)19-9-25-12(2)29(18)19/h6-10H,3-5,11H2,1-2H3,(H2,24,27). The maximum Gasteiger partial charge on any atom is 0.257 e. The molecule has 2 N–H and O–H groups in total. The number of ether oxygens (including phenoxy) is 1. The zero-order chi connectivity index (χ0) is 21.7. The van der Waals surface area contributed by atoms with Crippen LogP contribution in [0.3, 0.4) is 0 Å². The van der Waals surface area contributed by atoms with Crippen molar-refractivity contribution in [2.75, 3.05) is 18.9 Å². The minimum atomic E-state index is -0.643. The van der Waals surface area contributed by atoms with Crippen LogP contribution in [0.1, 0.15) is 34.4 Å². The highest BCUT2D eigenvalue weighted by atomic mass is 19.1. The third kappa shape index (κ3) is 3.13. The van der Waals surface area contributed by atoms with Crippen LogP contribution < -0.4 is 10.5 Å². The lowest BCUT2D eigenvalue weighted by molar-refractivity contribution is 0.0746.